The van der Waals surface area contributed by atoms with Crippen LogP contribution in [0.15, 0.2) is 72.5 Å². The van der Waals surface area contributed by atoms with Crippen LogP contribution in [0.1, 0.15) is 27.6 Å². The third kappa shape index (κ3) is 5.62. The number of nitrogens with zero attached hydrogens (tertiary/aromatic N) is 5. The number of amidine groups is 1. The number of anilines is 1. The van der Waals surface area contributed by atoms with E-state index in [0.717, 1.165) is 16.4 Å². The van der Waals surface area contributed by atoms with Gasteiger partial charge in [-0.25, -0.2) is 14.1 Å². The number of amides is 1. The molecule has 0 radical (unpaired) electrons. The molecule has 0 atom stereocenters. The van der Waals surface area contributed by atoms with E-state index in [1.54, 1.807) is 42.1 Å². The summed E-state index contributed by atoms with van der Waals surface area (Å²) in [7, 11) is 1.51. The predicted molar refractivity (Wildman–Crippen MR) is 139 cm³/mol. The molecule has 0 fully saturated rings. The predicted octanol–water partition coefficient (Wildman–Crippen LogP) is 5.43. The van der Waals surface area contributed by atoms with Crippen LogP contribution in [0.5, 0.6) is 0 Å². The number of nitrogens with one attached hydrogen (secondary N) is 1. The zero-order valence-corrected chi connectivity index (χ0v) is 20.9. The van der Waals surface area contributed by atoms with Crippen molar-refractivity contribution in [2.45, 2.75) is 13.1 Å². The highest BCUT2D eigenvalue weighted by molar-refractivity contribution is 8.21. The van der Waals surface area contributed by atoms with Gasteiger partial charge in [0.25, 0.3) is 5.91 Å². The molecule has 4 aromatic rings. The smallest absolute Gasteiger partial charge is 0.378 e. The Morgan fingerprint density at radius 2 is 1.92 bits per heavy atom. The molecule has 2 aromatic heterocycles. The van der Waals surface area contributed by atoms with Gasteiger partial charge >= 0.3 is 6.18 Å². The second-order valence-electron chi connectivity index (χ2n) is 7.92. The summed E-state index contributed by atoms with van der Waals surface area (Å²) in [5, 5.41) is 6.20. The molecule has 38 heavy (non-hydrogen) atoms. The molecule has 13 heteroatoms. The Bertz CT molecular complexity index is 1560. The van der Waals surface area contributed by atoms with Gasteiger partial charge in [-0.3, -0.25) is 9.79 Å². The van der Waals surface area contributed by atoms with Gasteiger partial charge in [-0.1, -0.05) is 30.5 Å². The minimum absolute atomic E-state index is 0.156. The lowest BCUT2D eigenvalue weighted by atomic mass is 10.2. The maximum Gasteiger partial charge on any atom is 0.435 e. The second-order valence-corrected chi connectivity index (χ2v) is 9.04. The summed E-state index contributed by atoms with van der Waals surface area (Å²) >= 11 is 1.08. The number of carbonyl (C=O) groups excluding carboxylic acids is 1. The van der Waals surface area contributed by atoms with E-state index in [1.165, 1.54) is 31.3 Å². The number of nitrogens with two attached hydrogens (primary N) is 1. The number of imidazole rings is 1. The summed E-state index contributed by atoms with van der Waals surface area (Å²) in [6.07, 6.45) is -1.62. The van der Waals surface area contributed by atoms with Crippen molar-refractivity contribution in [3.8, 4) is 11.4 Å². The minimum atomic E-state index is -4.82. The summed E-state index contributed by atoms with van der Waals surface area (Å²) in [4.78, 5) is 21.5. The average Bonchev–Trinajstić information content (AvgIpc) is 3.52. The van der Waals surface area contributed by atoms with Crippen LogP contribution < -0.4 is 11.1 Å². The standard InChI is InChI=1S/C25H21F4N7OS/c1-14(38-24(30)31-3)16-5-4-6-18(11-16)36-21(13-22(34-36)25(27,28)29)23(37)33-20-8-7-17(12-19(20)26)35-10-9-32-15(35)2/h4-13H,1H2,2-3H3,(H2,30,31)(H,33,37). The SMILES string of the molecule is C=C(SC(N)=NC)c1cccc(-n2nc(C(F)(F)F)cc2C(=O)Nc2ccc(-n3ccnc3C)cc2F)c1. The number of hydrogen-bond acceptors (Lipinski definition) is 5. The van der Waals surface area contributed by atoms with Crippen molar-refractivity contribution in [1.82, 2.24) is 19.3 Å². The first-order valence-electron chi connectivity index (χ1n) is 11.0. The van der Waals surface area contributed by atoms with Crippen LogP contribution in [-0.4, -0.2) is 37.5 Å². The third-order valence-electron chi connectivity index (χ3n) is 5.40. The van der Waals surface area contributed by atoms with Crippen molar-refractivity contribution in [3.05, 3.63) is 96.1 Å². The lowest BCUT2D eigenvalue weighted by molar-refractivity contribution is -0.141. The van der Waals surface area contributed by atoms with Crippen molar-refractivity contribution in [1.29, 1.82) is 0 Å². The molecule has 0 aliphatic carbocycles. The lowest BCUT2D eigenvalue weighted by Crippen LogP contribution is -2.18. The maximum atomic E-state index is 14.9. The summed E-state index contributed by atoms with van der Waals surface area (Å²) in [6.45, 7) is 5.65. The van der Waals surface area contributed by atoms with E-state index in [1.807, 2.05) is 0 Å². The van der Waals surface area contributed by atoms with E-state index in [2.05, 4.69) is 27.0 Å². The van der Waals surface area contributed by atoms with E-state index in [9.17, 15) is 22.4 Å². The van der Waals surface area contributed by atoms with Gasteiger partial charge in [0, 0.05) is 42.2 Å². The summed E-state index contributed by atoms with van der Waals surface area (Å²) in [6, 6.07) is 10.9. The summed E-state index contributed by atoms with van der Waals surface area (Å²) < 4.78 is 57.9. The molecule has 0 saturated carbocycles. The Kier molecular flexibility index (Phi) is 7.39. The molecular formula is C25H21F4N7OS. The average molecular weight is 544 g/mol. The van der Waals surface area contributed by atoms with Gasteiger partial charge < -0.3 is 15.6 Å². The number of benzene rings is 2. The molecular weight excluding hydrogens is 522 g/mol. The zero-order chi connectivity index (χ0) is 27.6. The topological polar surface area (TPSA) is 103 Å². The van der Waals surface area contributed by atoms with Gasteiger partial charge in [0.05, 0.1) is 11.4 Å². The molecule has 0 saturated heterocycles. The number of thioether (sulfide) groups is 1. The molecule has 0 unspecified atom stereocenters. The van der Waals surface area contributed by atoms with E-state index in [-0.39, 0.29) is 16.5 Å². The number of hydrogen-bond donors (Lipinski definition) is 2. The van der Waals surface area contributed by atoms with Crippen molar-refractivity contribution < 1.29 is 22.4 Å². The van der Waals surface area contributed by atoms with Crippen LogP contribution >= 0.6 is 11.8 Å². The molecule has 2 aromatic carbocycles. The number of alkyl halides is 3. The highest BCUT2D eigenvalue weighted by Crippen LogP contribution is 2.32. The third-order valence-corrected chi connectivity index (χ3v) is 6.27. The number of carbonyl (C=O) groups is 1. The molecule has 2 heterocycles. The fourth-order valence-electron chi connectivity index (χ4n) is 3.51. The van der Waals surface area contributed by atoms with Gasteiger partial charge in [0.1, 0.15) is 17.3 Å². The van der Waals surface area contributed by atoms with Crippen molar-refractivity contribution in [3.63, 3.8) is 0 Å². The zero-order valence-electron chi connectivity index (χ0n) is 20.1. The molecule has 0 bridgehead atoms. The van der Waals surface area contributed by atoms with Crippen LogP contribution in [0.3, 0.4) is 0 Å². The normalized spacial score (nSPS) is 12.0. The van der Waals surface area contributed by atoms with Gasteiger partial charge in [0.2, 0.25) is 0 Å². The summed E-state index contributed by atoms with van der Waals surface area (Å²) in [5.41, 5.74) is 4.93. The fourth-order valence-corrected chi connectivity index (χ4v) is 4.10. The highest BCUT2D eigenvalue weighted by Gasteiger charge is 2.36. The Hall–Kier alpha value is -4.39. The van der Waals surface area contributed by atoms with Crippen molar-refractivity contribution >= 4 is 33.4 Å². The second kappa shape index (κ2) is 10.5. The molecule has 0 aliphatic rings. The molecule has 0 aliphatic heterocycles. The first kappa shape index (κ1) is 26.7. The van der Waals surface area contributed by atoms with Crippen molar-refractivity contribution in [2.24, 2.45) is 10.7 Å². The Morgan fingerprint density at radius 3 is 2.55 bits per heavy atom. The Morgan fingerprint density at radius 1 is 1.16 bits per heavy atom. The highest BCUT2D eigenvalue weighted by atomic mass is 32.2. The lowest BCUT2D eigenvalue weighted by Gasteiger charge is -2.12. The Balaban J connectivity index is 1.69. The monoisotopic (exact) mass is 543 g/mol. The number of aromatic nitrogens is 4. The largest absolute Gasteiger partial charge is 0.435 e. The van der Waals surface area contributed by atoms with E-state index in [4.69, 9.17) is 5.73 Å². The van der Waals surface area contributed by atoms with Crippen LogP contribution in [-0.2, 0) is 6.18 Å². The number of rotatable bonds is 6. The summed E-state index contributed by atoms with van der Waals surface area (Å²) in [5.74, 6) is -1.14. The maximum absolute atomic E-state index is 14.9. The van der Waals surface area contributed by atoms with E-state index in [0.29, 0.717) is 28.0 Å². The van der Waals surface area contributed by atoms with Gasteiger partial charge in [-0.05, 0) is 36.8 Å². The molecule has 3 N–H and O–H groups in total. The van der Waals surface area contributed by atoms with E-state index >= 15 is 0 Å². The Labute approximate surface area is 218 Å². The minimum Gasteiger partial charge on any atom is -0.378 e. The van der Waals surface area contributed by atoms with Gasteiger partial charge in [0.15, 0.2) is 10.9 Å². The first-order chi connectivity index (χ1) is 18.0. The number of halogens is 4. The van der Waals surface area contributed by atoms with Gasteiger partial charge in [-0.15, -0.1) is 0 Å². The molecule has 8 nitrogen and oxygen atoms in total. The molecule has 196 valence electrons. The molecule has 4 rings (SSSR count). The fraction of sp³-hybridized carbons (Fsp3) is 0.120. The van der Waals surface area contributed by atoms with Crippen LogP contribution in [0, 0.1) is 12.7 Å². The first-order valence-corrected chi connectivity index (χ1v) is 11.8. The number of aliphatic imine (C=N–C) groups is 1. The molecule has 1 amide bonds. The van der Waals surface area contributed by atoms with Crippen LogP contribution in [0.25, 0.3) is 16.3 Å². The van der Waals surface area contributed by atoms with E-state index < -0.39 is 29.3 Å². The molecule has 0 spiro atoms. The number of aryl methyl sites for hydroxylation is 1. The van der Waals surface area contributed by atoms with Gasteiger partial charge in [-0.2, -0.15) is 18.3 Å². The van der Waals surface area contributed by atoms with Crippen molar-refractivity contribution in [2.75, 3.05) is 12.4 Å². The van der Waals surface area contributed by atoms with Crippen LogP contribution in [0.4, 0.5) is 23.2 Å². The van der Waals surface area contributed by atoms with Crippen LogP contribution in [0.2, 0.25) is 0 Å². The quantitative estimate of drug-likeness (QED) is 0.192.